The van der Waals surface area contributed by atoms with Crippen LogP contribution in [-0.2, 0) is 0 Å². The zero-order chi connectivity index (χ0) is 13.7. The highest BCUT2D eigenvalue weighted by Gasteiger charge is 2.16. The molecule has 19 heavy (non-hydrogen) atoms. The standard InChI is InChI=1S/C14H22N4O/c1-11(2)16-14(19)17-12-7-6-8-15-13(12)18-9-4-3-5-10-18/h6-8,11H,3-5,9-10H2,1-2H3,(H2,16,17,19). The second-order valence-electron chi connectivity index (χ2n) is 5.18. The summed E-state index contributed by atoms with van der Waals surface area (Å²) >= 11 is 0. The number of pyridine rings is 1. The first-order chi connectivity index (χ1) is 9.16. The van der Waals surface area contributed by atoms with Gasteiger partial charge in [0.1, 0.15) is 0 Å². The highest BCUT2D eigenvalue weighted by atomic mass is 16.2. The molecular formula is C14H22N4O. The highest BCUT2D eigenvalue weighted by molar-refractivity contribution is 5.92. The Morgan fingerprint density at radius 1 is 1.32 bits per heavy atom. The Kier molecular flexibility index (Phi) is 4.60. The summed E-state index contributed by atoms with van der Waals surface area (Å²) in [6.07, 6.45) is 5.43. The molecule has 0 spiro atoms. The summed E-state index contributed by atoms with van der Waals surface area (Å²) in [7, 11) is 0. The van der Waals surface area contributed by atoms with Gasteiger partial charge in [-0.05, 0) is 45.2 Å². The van der Waals surface area contributed by atoms with Crippen LogP contribution >= 0.6 is 0 Å². The van der Waals surface area contributed by atoms with E-state index in [1.165, 1.54) is 19.3 Å². The molecular weight excluding hydrogens is 240 g/mol. The SMILES string of the molecule is CC(C)NC(=O)Nc1cccnc1N1CCCCC1. The number of urea groups is 1. The van der Waals surface area contributed by atoms with Crippen LogP contribution in [0.2, 0.25) is 0 Å². The second-order valence-corrected chi connectivity index (χ2v) is 5.18. The van der Waals surface area contributed by atoms with Crippen LogP contribution in [0.3, 0.4) is 0 Å². The van der Waals surface area contributed by atoms with E-state index in [2.05, 4.69) is 20.5 Å². The number of amides is 2. The largest absolute Gasteiger partial charge is 0.355 e. The minimum Gasteiger partial charge on any atom is -0.355 e. The molecule has 0 aromatic carbocycles. The number of nitrogens with zero attached hydrogens (tertiary/aromatic N) is 2. The van der Waals surface area contributed by atoms with E-state index in [0.29, 0.717) is 0 Å². The van der Waals surface area contributed by atoms with Gasteiger partial charge in [0.25, 0.3) is 0 Å². The van der Waals surface area contributed by atoms with Gasteiger partial charge >= 0.3 is 6.03 Å². The number of rotatable bonds is 3. The van der Waals surface area contributed by atoms with Crippen molar-refractivity contribution in [2.75, 3.05) is 23.3 Å². The summed E-state index contributed by atoms with van der Waals surface area (Å²) in [6, 6.07) is 3.69. The van der Waals surface area contributed by atoms with Gasteiger partial charge in [0, 0.05) is 25.3 Å². The molecule has 2 heterocycles. The summed E-state index contributed by atoms with van der Waals surface area (Å²) in [5.41, 5.74) is 0.780. The first-order valence-corrected chi connectivity index (χ1v) is 6.94. The van der Waals surface area contributed by atoms with Crippen molar-refractivity contribution in [2.45, 2.75) is 39.2 Å². The van der Waals surface area contributed by atoms with E-state index >= 15 is 0 Å². The smallest absolute Gasteiger partial charge is 0.319 e. The van der Waals surface area contributed by atoms with Crippen molar-refractivity contribution in [1.82, 2.24) is 10.3 Å². The maximum absolute atomic E-state index is 11.8. The first-order valence-electron chi connectivity index (χ1n) is 6.94. The summed E-state index contributed by atoms with van der Waals surface area (Å²) in [5, 5.41) is 5.71. The molecule has 1 aromatic rings. The van der Waals surface area contributed by atoms with Gasteiger partial charge < -0.3 is 15.5 Å². The Bertz CT molecular complexity index is 427. The van der Waals surface area contributed by atoms with Crippen LogP contribution in [0.15, 0.2) is 18.3 Å². The molecule has 0 bridgehead atoms. The first kappa shape index (κ1) is 13.6. The van der Waals surface area contributed by atoms with Crippen LogP contribution in [0.1, 0.15) is 33.1 Å². The summed E-state index contributed by atoms with van der Waals surface area (Å²) in [6.45, 7) is 5.90. The highest BCUT2D eigenvalue weighted by Crippen LogP contribution is 2.25. The van der Waals surface area contributed by atoms with Crippen LogP contribution in [0.4, 0.5) is 16.3 Å². The minimum absolute atomic E-state index is 0.120. The van der Waals surface area contributed by atoms with Crippen molar-refractivity contribution in [1.29, 1.82) is 0 Å². The molecule has 0 radical (unpaired) electrons. The van der Waals surface area contributed by atoms with Crippen LogP contribution in [0.5, 0.6) is 0 Å². The Morgan fingerprint density at radius 2 is 2.05 bits per heavy atom. The van der Waals surface area contributed by atoms with Crippen molar-refractivity contribution in [3.05, 3.63) is 18.3 Å². The molecule has 0 unspecified atom stereocenters. The third-order valence-electron chi connectivity index (χ3n) is 3.11. The fourth-order valence-electron chi connectivity index (χ4n) is 2.27. The molecule has 0 saturated carbocycles. The Balaban J connectivity index is 2.09. The lowest BCUT2D eigenvalue weighted by Gasteiger charge is -2.29. The molecule has 1 aromatic heterocycles. The second kappa shape index (κ2) is 6.41. The molecule has 104 valence electrons. The number of hydrogen-bond acceptors (Lipinski definition) is 3. The topological polar surface area (TPSA) is 57.3 Å². The molecule has 2 amide bonds. The average molecular weight is 262 g/mol. The van der Waals surface area contributed by atoms with E-state index in [1.807, 2.05) is 26.0 Å². The molecule has 1 fully saturated rings. The maximum atomic E-state index is 11.8. The van der Waals surface area contributed by atoms with Gasteiger partial charge in [-0.3, -0.25) is 0 Å². The third kappa shape index (κ3) is 3.84. The van der Waals surface area contributed by atoms with Crippen molar-refractivity contribution >= 4 is 17.5 Å². The summed E-state index contributed by atoms with van der Waals surface area (Å²) in [5.74, 6) is 0.876. The molecule has 2 rings (SSSR count). The van der Waals surface area contributed by atoms with Gasteiger partial charge in [-0.15, -0.1) is 0 Å². The Hall–Kier alpha value is -1.78. The van der Waals surface area contributed by atoms with Crippen molar-refractivity contribution < 1.29 is 4.79 Å². The van der Waals surface area contributed by atoms with Gasteiger partial charge in [0.2, 0.25) is 0 Å². The lowest BCUT2D eigenvalue weighted by Crippen LogP contribution is -2.36. The van der Waals surface area contributed by atoms with Gasteiger partial charge in [-0.2, -0.15) is 0 Å². The predicted octanol–water partition coefficient (Wildman–Crippen LogP) is 2.60. The third-order valence-corrected chi connectivity index (χ3v) is 3.11. The number of aromatic nitrogens is 1. The van der Waals surface area contributed by atoms with Crippen LogP contribution < -0.4 is 15.5 Å². The molecule has 1 aliphatic heterocycles. The van der Waals surface area contributed by atoms with Gasteiger partial charge in [-0.25, -0.2) is 9.78 Å². The van der Waals surface area contributed by atoms with E-state index in [-0.39, 0.29) is 12.1 Å². The number of hydrogen-bond donors (Lipinski definition) is 2. The van der Waals surface area contributed by atoms with Crippen LogP contribution in [-0.4, -0.2) is 30.1 Å². The fourth-order valence-corrected chi connectivity index (χ4v) is 2.27. The maximum Gasteiger partial charge on any atom is 0.319 e. The average Bonchev–Trinajstić information content (AvgIpc) is 2.39. The van der Waals surface area contributed by atoms with Gasteiger partial charge in [0.05, 0.1) is 5.69 Å². The number of anilines is 2. The molecule has 5 heteroatoms. The Morgan fingerprint density at radius 3 is 2.74 bits per heavy atom. The van der Waals surface area contributed by atoms with E-state index in [1.54, 1.807) is 6.20 Å². The number of piperidine rings is 1. The molecule has 2 N–H and O–H groups in total. The van der Waals surface area contributed by atoms with Crippen LogP contribution in [0, 0.1) is 0 Å². The Labute approximate surface area is 114 Å². The lowest BCUT2D eigenvalue weighted by molar-refractivity contribution is 0.250. The van der Waals surface area contributed by atoms with E-state index < -0.39 is 0 Å². The lowest BCUT2D eigenvalue weighted by atomic mass is 10.1. The molecule has 1 saturated heterocycles. The molecule has 1 aliphatic rings. The van der Waals surface area contributed by atoms with Gasteiger partial charge in [0.15, 0.2) is 5.82 Å². The van der Waals surface area contributed by atoms with E-state index in [4.69, 9.17) is 0 Å². The van der Waals surface area contributed by atoms with E-state index in [0.717, 1.165) is 24.6 Å². The van der Waals surface area contributed by atoms with Gasteiger partial charge in [-0.1, -0.05) is 0 Å². The number of carbonyl (C=O) groups is 1. The van der Waals surface area contributed by atoms with Crippen LogP contribution in [0.25, 0.3) is 0 Å². The van der Waals surface area contributed by atoms with Crippen molar-refractivity contribution in [2.24, 2.45) is 0 Å². The fraction of sp³-hybridized carbons (Fsp3) is 0.571. The molecule has 5 nitrogen and oxygen atoms in total. The normalized spacial score (nSPS) is 15.4. The van der Waals surface area contributed by atoms with Crippen molar-refractivity contribution in [3.63, 3.8) is 0 Å². The zero-order valence-electron chi connectivity index (χ0n) is 11.6. The minimum atomic E-state index is -0.179. The quantitative estimate of drug-likeness (QED) is 0.880. The summed E-state index contributed by atoms with van der Waals surface area (Å²) in [4.78, 5) is 18.5. The van der Waals surface area contributed by atoms with E-state index in [9.17, 15) is 4.79 Å². The molecule has 0 aliphatic carbocycles. The summed E-state index contributed by atoms with van der Waals surface area (Å²) < 4.78 is 0. The molecule has 0 atom stereocenters. The monoisotopic (exact) mass is 262 g/mol. The number of nitrogens with one attached hydrogen (secondary N) is 2. The van der Waals surface area contributed by atoms with Crippen molar-refractivity contribution in [3.8, 4) is 0 Å². The predicted molar refractivity (Wildman–Crippen MR) is 77.6 cm³/mol. The number of carbonyl (C=O) groups excluding carboxylic acids is 1. The zero-order valence-corrected chi connectivity index (χ0v) is 11.6.